The molecule has 6 heteroatoms. The molecule has 2 radical (unpaired) electrons. The summed E-state index contributed by atoms with van der Waals surface area (Å²) < 4.78 is 38.2. The Bertz CT molecular complexity index is 213. The third-order valence-corrected chi connectivity index (χ3v) is 4.05. The topological polar surface area (TPSA) is 15.6 Å². The van der Waals surface area contributed by atoms with Gasteiger partial charge in [-0.25, -0.2) is 0 Å². The first kappa shape index (κ1) is 14.1. The van der Waals surface area contributed by atoms with Gasteiger partial charge in [0.25, 0.3) is 0 Å². The molecule has 1 atom stereocenters. The Labute approximate surface area is 97.5 Å². The van der Waals surface area contributed by atoms with Crippen molar-refractivity contribution in [2.45, 2.75) is 46.0 Å². The first-order valence-electron chi connectivity index (χ1n) is 4.31. The Balaban J connectivity index is 4.55. The number of amidine groups is 1. The molecule has 80 valence electrons. The first-order chi connectivity index (χ1) is 6.16. The normalized spacial score (nSPS) is 15.9. The van der Waals surface area contributed by atoms with Crippen LogP contribution in [0.2, 0.25) is 0 Å². The summed E-state index contributed by atoms with van der Waals surface area (Å²) in [5.41, 5.74) is 0. The number of alkyl halides is 3. The quantitative estimate of drug-likeness (QED) is 0.564. The van der Waals surface area contributed by atoms with Gasteiger partial charge in [-0.05, 0) is 0 Å². The molecule has 0 rings (SSSR count). The Morgan fingerprint density at radius 3 is 2.00 bits per heavy atom. The van der Waals surface area contributed by atoms with Gasteiger partial charge in [0.15, 0.2) is 0 Å². The second-order valence-corrected chi connectivity index (χ2v) is 4.98. The predicted molar refractivity (Wildman–Crippen MR) is 51.4 cm³/mol. The van der Waals surface area contributed by atoms with E-state index in [0.29, 0.717) is 30.5 Å². The van der Waals surface area contributed by atoms with Crippen LogP contribution >= 0.6 is 0 Å². The van der Waals surface area contributed by atoms with Gasteiger partial charge >= 0.3 is 97.5 Å². The zero-order valence-electron chi connectivity index (χ0n) is 8.76. The van der Waals surface area contributed by atoms with Gasteiger partial charge in [-0.15, -0.1) is 0 Å². The van der Waals surface area contributed by atoms with Crippen LogP contribution in [-0.4, -0.2) is 51.6 Å². The van der Waals surface area contributed by atoms with Crippen molar-refractivity contribution < 1.29 is 13.2 Å². The first-order valence-corrected chi connectivity index (χ1v) is 5.78. The molecule has 0 aliphatic carbocycles. The van der Waals surface area contributed by atoms with E-state index in [0.717, 1.165) is 6.92 Å². The molecule has 0 aliphatic rings. The van der Waals surface area contributed by atoms with Gasteiger partial charge in [-0.1, -0.05) is 0 Å². The predicted octanol–water partition coefficient (Wildman–Crippen LogP) is 2.15. The van der Waals surface area contributed by atoms with E-state index in [2.05, 4.69) is 4.99 Å². The summed E-state index contributed by atoms with van der Waals surface area (Å²) in [5, 5.41) is 0. The molecule has 0 saturated carbocycles. The van der Waals surface area contributed by atoms with Crippen LogP contribution in [0.5, 0.6) is 0 Å². The van der Waals surface area contributed by atoms with Crippen molar-refractivity contribution in [1.82, 2.24) is 2.89 Å². The number of hydrogen-bond acceptors (Lipinski definition) is 1. The van der Waals surface area contributed by atoms with Crippen LogP contribution in [0.4, 0.5) is 13.2 Å². The molecule has 2 nitrogen and oxygen atoms in total. The van der Waals surface area contributed by atoms with Crippen LogP contribution in [0.1, 0.15) is 27.7 Å². The molecule has 0 spiro atoms. The maximum absolute atomic E-state index is 12.3. The van der Waals surface area contributed by atoms with Crippen molar-refractivity contribution in [2.24, 2.45) is 4.99 Å². The standard InChI is InChI=1S/C8H14F3N2.In/c1-5(2)12-7(4)13-6(3)8(9,10)11;/h5-6H,1-4H3;/q-1;+1. The van der Waals surface area contributed by atoms with Gasteiger partial charge in [0.2, 0.25) is 0 Å². The molecule has 0 saturated heterocycles. The second-order valence-electron chi connectivity index (χ2n) is 3.39. The van der Waals surface area contributed by atoms with Crippen LogP contribution in [0.25, 0.3) is 0 Å². The Kier molecular flexibility index (Phi) is 5.33. The number of aliphatic imine (C=N–C) groups is 1. The third-order valence-electron chi connectivity index (χ3n) is 1.71. The van der Waals surface area contributed by atoms with E-state index in [-0.39, 0.29) is 6.04 Å². The molecule has 0 aliphatic heterocycles. The SMILES string of the molecule is CC(=NC(C)C)[N]([In])C(C)C(F)(F)F. The molecular formula is C8H14F3InN2. The molecule has 0 fully saturated rings. The summed E-state index contributed by atoms with van der Waals surface area (Å²) >= 11 is 0.395. The minimum absolute atomic E-state index is 0.0327. The molecule has 0 aromatic heterocycles. The molecule has 0 N–H and O–H groups in total. The van der Waals surface area contributed by atoms with Gasteiger partial charge in [0.1, 0.15) is 0 Å². The molecule has 0 aromatic carbocycles. The van der Waals surface area contributed by atoms with Gasteiger partial charge in [0, 0.05) is 0 Å². The molecule has 14 heavy (non-hydrogen) atoms. The zero-order valence-corrected chi connectivity index (χ0v) is 12.1. The average molecular weight is 310 g/mol. The zero-order chi connectivity index (χ0) is 11.5. The van der Waals surface area contributed by atoms with Crippen LogP contribution in [-0.2, 0) is 0 Å². The van der Waals surface area contributed by atoms with Crippen molar-refractivity contribution in [1.29, 1.82) is 0 Å². The van der Waals surface area contributed by atoms with Crippen LogP contribution < -0.4 is 0 Å². The van der Waals surface area contributed by atoms with Crippen molar-refractivity contribution >= 4 is 30.5 Å². The molecular weight excluding hydrogens is 296 g/mol. The fourth-order valence-electron chi connectivity index (χ4n) is 0.878. The summed E-state index contributed by atoms with van der Waals surface area (Å²) in [4.78, 5) is 4.09. The molecule has 1 unspecified atom stereocenters. The van der Waals surface area contributed by atoms with E-state index >= 15 is 0 Å². The Morgan fingerprint density at radius 2 is 1.71 bits per heavy atom. The minimum atomic E-state index is -4.17. The van der Waals surface area contributed by atoms with E-state index in [4.69, 9.17) is 0 Å². The van der Waals surface area contributed by atoms with E-state index in [1.165, 1.54) is 2.89 Å². The summed E-state index contributed by atoms with van der Waals surface area (Å²) in [6.07, 6.45) is -4.17. The third kappa shape index (κ3) is 4.57. The summed E-state index contributed by atoms with van der Waals surface area (Å²) in [5.74, 6) is 0.465. The van der Waals surface area contributed by atoms with Crippen molar-refractivity contribution in [3.8, 4) is 0 Å². The molecule has 0 heterocycles. The van der Waals surface area contributed by atoms with E-state index in [1.807, 2.05) is 13.8 Å². The summed E-state index contributed by atoms with van der Waals surface area (Å²) in [7, 11) is 0. The van der Waals surface area contributed by atoms with Crippen LogP contribution in [0.3, 0.4) is 0 Å². The van der Waals surface area contributed by atoms with Gasteiger partial charge in [-0.2, -0.15) is 0 Å². The Hall–Kier alpha value is 0.130. The summed E-state index contributed by atoms with van der Waals surface area (Å²) in [6.45, 7) is 6.46. The Morgan fingerprint density at radius 1 is 1.29 bits per heavy atom. The number of hydrogen-bond donors (Lipinski definition) is 0. The van der Waals surface area contributed by atoms with E-state index in [1.54, 1.807) is 6.92 Å². The molecule has 0 bridgehead atoms. The number of halogens is 3. The fourth-order valence-corrected chi connectivity index (χ4v) is 1.55. The van der Waals surface area contributed by atoms with Crippen LogP contribution in [0, 0.1) is 0 Å². The van der Waals surface area contributed by atoms with Crippen LogP contribution in [0.15, 0.2) is 4.99 Å². The maximum atomic E-state index is 12.3. The average Bonchev–Trinajstić information content (AvgIpc) is 1.98. The van der Waals surface area contributed by atoms with Crippen molar-refractivity contribution in [2.75, 3.05) is 0 Å². The fraction of sp³-hybridized carbons (Fsp3) is 0.875. The van der Waals surface area contributed by atoms with Crippen molar-refractivity contribution in [3.05, 3.63) is 0 Å². The van der Waals surface area contributed by atoms with Gasteiger partial charge in [-0.3, -0.25) is 0 Å². The summed E-state index contributed by atoms with van der Waals surface area (Å²) in [6, 6.07) is -1.40. The van der Waals surface area contributed by atoms with Gasteiger partial charge < -0.3 is 0 Å². The number of rotatable bonds is 2. The van der Waals surface area contributed by atoms with E-state index in [9.17, 15) is 13.2 Å². The molecule has 0 amide bonds. The number of nitrogens with zero attached hydrogens (tertiary/aromatic N) is 2. The van der Waals surface area contributed by atoms with Gasteiger partial charge in [0.05, 0.1) is 0 Å². The molecule has 0 aromatic rings. The second kappa shape index (κ2) is 5.28. The van der Waals surface area contributed by atoms with E-state index < -0.39 is 12.2 Å². The van der Waals surface area contributed by atoms with Crippen molar-refractivity contribution in [3.63, 3.8) is 0 Å². The monoisotopic (exact) mass is 310 g/mol.